The number of rotatable bonds is 54. The minimum Gasteiger partial charge on any atom is -0.462 e. The molecular formula is C63H112O6. The molecule has 0 aliphatic rings. The van der Waals surface area contributed by atoms with Gasteiger partial charge >= 0.3 is 17.9 Å². The van der Waals surface area contributed by atoms with Gasteiger partial charge in [0.25, 0.3) is 0 Å². The fraction of sp³-hybridized carbons (Fsp3) is 0.794. The van der Waals surface area contributed by atoms with Crippen molar-refractivity contribution in [3.63, 3.8) is 0 Å². The highest BCUT2D eigenvalue weighted by molar-refractivity contribution is 5.71. The molecule has 0 radical (unpaired) electrons. The second kappa shape index (κ2) is 57.7. The highest BCUT2D eigenvalue weighted by atomic mass is 16.6. The fourth-order valence-electron chi connectivity index (χ4n) is 8.55. The number of hydrogen-bond acceptors (Lipinski definition) is 6. The van der Waals surface area contributed by atoms with Crippen molar-refractivity contribution in [2.24, 2.45) is 0 Å². The van der Waals surface area contributed by atoms with Crippen LogP contribution < -0.4 is 0 Å². The van der Waals surface area contributed by atoms with Gasteiger partial charge in [0.15, 0.2) is 6.10 Å². The molecule has 1 atom stereocenters. The van der Waals surface area contributed by atoms with Crippen LogP contribution >= 0.6 is 0 Å². The first-order chi connectivity index (χ1) is 34.0. The Labute approximate surface area is 428 Å². The Bertz CT molecular complexity index is 1250. The second-order valence-electron chi connectivity index (χ2n) is 19.9. The molecule has 0 bridgehead atoms. The lowest BCUT2D eigenvalue weighted by atomic mass is 10.0. The van der Waals surface area contributed by atoms with E-state index in [2.05, 4.69) is 81.5 Å². The van der Waals surface area contributed by atoms with Gasteiger partial charge in [-0.25, -0.2) is 0 Å². The minimum atomic E-state index is -0.792. The number of esters is 3. The van der Waals surface area contributed by atoms with Crippen LogP contribution in [0.4, 0.5) is 0 Å². The zero-order valence-electron chi connectivity index (χ0n) is 45.8. The summed E-state index contributed by atoms with van der Waals surface area (Å²) in [6.45, 7) is 6.50. The van der Waals surface area contributed by atoms with Crippen molar-refractivity contribution in [3.05, 3.63) is 60.8 Å². The molecule has 0 aromatic rings. The largest absolute Gasteiger partial charge is 0.462 e. The van der Waals surface area contributed by atoms with Gasteiger partial charge in [-0.2, -0.15) is 0 Å². The van der Waals surface area contributed by atoms with Gasteiger partial charge in [0, 0.05) is 19.3 Å². The molecule has 0 N–H and O–H groups in total. The van der Waals surface area contributed by atoms with E-state index in [4.69, 9.17) is 14.2 Å². The molecule has 0 amide bonds. The number of unbranched alkanes of at least 4 members (excludes halogenated alkanes) is 33. The minimum absolute atomic E-state index is 0.0870. The third-order valence-corrected chi connectivity index (χ3v) is 13.0. The third kappa shape index (κ3) is 55.9. The molecule has 0 aliphatic carbocycles. The normalized spacial score (nSPS) is 12.4. The number of allylic oxidation sites excluding steroid dienone is 10. The Morgan fingerprint density at radius 3 is 0.928 bits per heavy atom. The molecule has 400 valence electrons. The molecule has 0 aromatic carbocycles. The molecule has 0 spiro atoms. The van der Waals surface area contributed by atoms with Crippen LogP contribution in [0.2, 0.25) is 0 Å². The smallest absolute Gasteiger partial charge is 0.306 e. The topological polar surface area (TPSA) is 78.9 Å². The van der Waals surface area contributed by atoms with Crippen molar-refractivity contribution >= 4 is 17.9 Å². The summed E-state index contributed by atoms with van der Waals surface area (Å²) in [4.78, 5) is 38.1. The molecular weight excluding hydrogens is 853 g/mol. The Morgan fingerprint density at radius 2 is 0.565 bits per heavy atom. The first-order valence-electron chi connectivity index (χ1n) is 29.8. The average Bonchev–Trinajstić information content (AvgIpc) is 3.35. The Balaban J connectivity index is 4.30. The van der Waals surface area contributed by atoms with Gasteiger partial charge in [0.2, 0.25) is 0 Å². The highest BCUT2D eigenvalue weighted by Gasteiger charge is 2.19. The number of hydrogen-bond donors (Lipinski definition) is 0. The molecule has 6 heteroatoms. The average molecular weight is 966 g/mol. The van der Waals surface area contributed by atoms with E-state index in [0.29, 0.717) is 19.3 Å². The molecule has 0 aromatic heterocycles. The summed E-state index contributed by atoms with van der Waals surface area (Å²) in [5, 5.41) is 0. The van der Waals surface area contributed by atoms with Crippen LogP contribution in [0.3, 0.4) is 0 Å². The molecule has 1 unspecified atom stereocenters. The Morgan fingerprint density at radius 1 is 0.304 bits per heavy atom. The van der Waals surface area contributed by atoms with Crippen LogP contribution in [0.15, 0.2) is 60.8 Å². The lowest BCUT2D eigenvalue weighted by Crippen LogP contribution is -2.30. The summed E-state index contributed by atoms with van der Waals surface area (Å²) in [7, 11) is 0. The summed E-state index contributed by atoms with van der Waals surface area (Å²) >= 11 is 0. The maximum atomic E-state index is 12.8. The third-order valence-electron chi connectivity index (χ3n) is 13.0. The van der Waals surface area contributed by atoms with Gasteiger partial charge in [0.05, 0.1) is 0 Å². The molecule has 0 saturated heterocycles. The van der Waals surface area contributed by atoms with Gasteiger partial charge in [-0.15, -0.1) is 0 Å². The highest BCUT2D eigenvalue weighted by Crippen LogP contribution is 2.17. The van der Waals surface area contributed by atoms with Crippen molar-refractivity contribution < 1.29 is 28.6 Å². The lowest BCUT2D eigenvalue weighted by molar-refractivity contribution is -0.167. The molecule has 0 rings (SSSR count). The quantitative estimate of drug-likeness (QED) is 0.0262. The van der Waals surface area contributed by atoms with E-state index in [1.807, 2.05) is 0 Å². The molecule has 0 aliphatic heterocycles. The Hall–Kier alpha value is -2.89. The number of ether oxygens (including phenoxy) is 3. The summed E-state index contributed by atoms with van der Waals surface area (Å²) in [6.07, 6.45) is 72.3. The van der Waals surface area contributed by atoms with E-state index in [1.54, 1.807) is 0 Å². The summed E-state index contributed by atoms with van der Waals surface area (Å²) in [6, 6.07) is 0. The van der Waals surface area contributed by atoms with Crippen molar-refractivity contribution in [1.29, 1.82) is 0 Å². The van der Waals surface area contributed by atoms with Crippen LogP contribution in [0.25, 0.3) is 0 Å². The van der Waals surface area contributed by atoms with Crippen LogP contribution in [-0.2, 0) is 28.6 Å². The second-order valence-corrected chi connectivity index (χ2v) is 19.9. The van der Waals surface area contributed by atoms with E-state index in [-0.39, 0.29) is 31.1 Å². The zero-order chi connectivity index (χ0) is 50.0. The van der Waals surface area contributed by atoms with Crippen molar-refractivity contribution in [2.45, 2.75) is 309 Å². The van der Waals surface area contributed by atoms with Crippen molar-refractivity contribution in [2.75, 3.05) is 13.2 Å². The van der Waals surface area contributed by atoms with Crippen molar-refractivity contribution in [3.8, 4) is 0 Å². The van der Waals surface area contributed by atoms with Gasteiger partial charge in [-0.3, -0.25) is 14.4 Å². The maximum absolute atomic E-state index is 12.8. The summed E-state index contributed by atoms with van der Waals surface area (Å²) in [5.74, 6) is -0.919. The molecule has 69 heavy (non-hydrogen) atoms. The summed E-state index contributed by atoms with van der Waals surface area (Å²) < 4.78 is 16.8. The molecule has 0 heterocycles. The van der Waals surface area contributed by atoms with Crippen molar-refractivity contribution in [1.82, 2.24) is 0 Å². The van der Waals surface area contributed by atoms with Gasteiger partial charge in [-0.05, 0) is 83.5 Å². The molecule has 0 fully saturated rings. The number of carbonyl (C=O) groups excluding carboxylic acids is 3. The van der Waals surface area contributed by atoms with Crippen LogP contribution in [-0.4, -0.2) is 37.2 Å². The maximum Gasteiger partial charge on any atom is 0.306 e. The van der Waals surface area contributed by atoms with Gasteiger partial charge < -0.3 is 14.2 Å². The first-order valence-corrected chi connectivity index (χ1v) is 29.8. The van der Waals surface area contributed by atoms with E-state index in [1.165, 1.54) is 154 Å². The lowest BCUT2D eigenvalue weighted by Gasteiger charge is -2.18. The molecule has 0 saturated carbocycles. The fourth-order valence-corrected chi connectivity index (χ4v) is 8.55. The van der Waals surface area contributed by atoms with Crippen LogP contribution in [0.1, 0.15) is 303 Å². The van der Waals surface area contributed by atoms with E-state index >= 15 is 0 Å². The monoisotopic (exact) mass is 965 g/mol. The van der Waals surface area contributed by atoms with Gasteiger partial charge in [-0.1, -0.05) is 261 Å². The Kier molecular flexibility index (Phi) is 55.3. The SMILES string of the molecule is CC/C=C\C/C=C\C/C=C\CCCCCC(=O)OCC(COC(=O)CCCCCCCCCCCCCCCCCCCCCCCCC)OC(=O)CCCCCCC/C=C\C/C=C\CCCCC. The van der Waals surface area contributed by atoms with Crippen LogP contribution in [0.5, 0.6) is 0 Å². The predicted octanol–water partition coefficient (Wildman–Crippen LogP) is 20.0. The zero-order valence-corrected chi connectivity index (χ0v) is 45.8. The van der Waals surface area contributed by atoms with Crippen LogP contribution in [0, 0.1) is 0 Å². The standard InChI is InChI=1S/C63H112O6/c1-4-7-10-13-16-19-22-25-27-28-29-30-31-32-33-34-36-38-41-44-47-50-53-56-62(65)68-59-60(58-67-61(64)55-52-49-46-43-40-37-24-21-18-15-12-9-6-3)69-63(66)57-54-51-48-45-42-39-35-26-23-20-17-14-11-8-5-2/h9,12,17-18,20-21,26,35,37,40,60H,4-8,10-11,13-16,19,22-25,27-34,36,38-39,41-59H2,1-3H3/b12-9-,20-17-,21-18-,35-26-,40-37-. The van der Waals surface area contributed by atoms with E-state index in [0.717, 1.165) is 109 Å². The van der Waals surface area contributed by atoms with E-state index < -0.39 is 6.10 Å². The predicted molar refractivity (Wildman–Crippen MR) is 298 cm³/mol. The summed E-state index contributed by atoms with van der Waals surface area (Å²) in [5.41, 5.74) is 0. The van der Waals surface area contributed by atoms with Gasteiger partial charge in [0.1, 0.15) is 13.2 Å². The van der Waals surface area contributed by atoms with E-state index in [9.17, 15) is 14.4 Å². The first kappa shape index (κ1) is 66.1. The molecule has 6 nitrogen and oxygen atoms in total. The number of carbonyl (C=O) groups is 3.